The Morgan fingerprint density at radius 1 is 1.03 bits per heavy atom. The zero-order valence-corrected chi connectivity index (χ0v) is 16.8. The summed E-state index contributed by atoms with van der Waals surface area (Å²) in [6.07, 6.45) is -4.52. The number of ether oxygens (including phenoxy) is 2. The quantitative estimate of drug-likeness (QED) is 0.636. The Morgan fingerprint density at radius 3 is 2.35 bits per heavy atom. The highest BCUT2D eigenvalue weighted by Gasteiger charge is 2.32. The fourth-order valence-electron chi connectivity index (χ4n) is 3.65. The molecule has 3 aromatic carbocycles. The molecule has 0 unspecified atom stereocenters. The van der Waals surface area contributed by atoms with Crippen LogP contribution in [0.5, 0.6) is 5.75 Å². The van der Waals surface area contributed by atoms with Gasteiger partial charge in [-0.1, -0.05) is 24.3 Å². The van der Waals surface area contributed by atoms with Crippen molar-refractivity contribution in [3.05, 3.63) is 65.7 Å². The lowest BCUT2D eigenvalue weighted by atomic mass is 10.0. The average Bonchev–Trinajstić information content (AvgIpc) is 2.78. The molecule has 31 heavy (non-hydrogen) atoms. The molecule has 0 saturated carbocycles. The van der Waals surface area contributed by atoms with Crippen LogP contribution in [-0.4, -0.2) is 39.3 Å². The van der Waals surface area contributed by atoms with E-state index in [0.717, 1.165) is 22.9 Å². The predicted octanol–water partition coefficient (Wildman–Crippen LogP) is 4.96. The number of alkyl halides is 3. The summed E-state index contributed by atoms with van der Waals surface area (Å²) in [5, 5.41) is 4.39. The largest absolute Gasteiger partial charge is 0.496 e. The first-order valence-corrected chi connectivity index (χ1v) is 9.79. The lowest BCUT2D eigenvalue weighted by Gasteiger charge is -2.31. The number of fused-ring (bicyclic) bond motifs is 1. The topological polar surface area (TPSA) is 50.8 Å². The van der Waals surface area contributed by atoms with E-state index in [1.807, 2.05) is 29.2 Å². The van der Waals surface area contributed by atoms with Crippen LogP contribution in [0.1, 0.15) is 15.9 Å². The van der Waals surface area contributed by atoms with Crippen LogP contribution < -0.4 is 15.0 Å². The van der Waals surface area contributed by atoms with Gasteiger partial charge in [0.15, 0.2) is 0 Å². The number of anilines is 2. The summed E-state index contributed by atoms with van der Waals surface area (Å²) in [7, 11) is 1.45. The average molecular weight is 430 g/mol. The number of hydrogen-bond acceptors (Lipinski definition) is 4. The van der Waals surface area contributed by atoms with Gasteiger partial charge in [0, 0.05) is 13.1 Å². The molecule has 1 aliphatic heterocycles. The van der Waals surface area contributed by atoms with Crippen molar-refractivity contribution in [2.75, 3.05) is 43.6 Å². The SMILES string of the molecule is COc1cc2ccccc2cc1C(=O)Nc1cc(C(F)(F)F)ccc1N1CCOCC1. The van der Waals surface area contributed by atoms with E-state index in [0.29, 0.717) is 37.7 Å². The number of hydrogen-bond donors (Lipinski definition) is 1. The monoisotopic (exact) mass is 430 g/mol. The third-order valence-corrected chi connectivity index (χ3v) is 5.24. The fourth-order valence-corrected chi connectivity index (χ4v) is 3.65. The van der Waals surface area contributed by atoms with Crippen molar-refractivity contribution in [3.63, 3.8) is 0 Å². The molecular formula is C23H21F3N2O3. The first-order chi connectivity index (χ1) is 14.9. The molecule has 162 valence electrons. The van der Waals surface area contributed by atoms with E-state index in [-0.39, 0.29) is 11.3 Å². The van der Waals surface area contributed by atoms with Gasteiger partial charge in [-0.15, -0.1) is 0 Å². The van der Waals surface area contributed by atoms with Crippen molar-refractivity contribution in [3.8, 4) is 5.75 Å². The molecule has 1 saturated heterocycles. The van der Waals surface area contributed by atoms with Gasteiger partial charge in [0.05, 0.1) is 42.8 Å². The second-order valence-corrected chi connectivity index (χ2v) is 7.18. The highest BCUT2D eigenvalue weighted by atomic mass is 19.4. The maximum absolute atomic E-state index is 13.3. The minimum absolute atomic E-state index is 0.0944. The van der Waals surface area contributed by atoms with Gasteiger partial charge in [-0.05, 0) is 41.1 Å². The highest BCUT2D eigenvalue weighted by Crippen LogP contribution is 2.36. The summed E-state index contributed by atoms with van der Waals surface area (Å²) in [6.45, 7) is 1.97. The molecule has 1 heterocycles. The molecule has 0 aromatic heterocycles. The Bertz CT molecular complexity index is 1110. The molecular weight excluding hydrogens is 409 g/mol. The van der Waals surface area contributed by atoms with Crippen LogP contribution in [0, 0.1) is 0 Å². The second-order valence-electron chi connectivity index (χ2n) is 7.18. The highest BCUT2D eigenvalue weighted by molar-refractivity contribution is 6.10. The molecule has 0 aliphatic carbocycles. The molecule has 1 fully saturated rings. The van der Waals surface area contributed by atoms with Gasteiger partial charge in [-0.25, -0.2) is 0 Å². The standard InChI is InChI=1S/C23H21F3N2O3/c1-30-21-13-16-5-3-2-4-15(16)12-18(21)22(29)27-19-14-17(23(24,25)26)6-7-20(19)28-8-10-31-11-9-28/h2-7,12-14H,8-11H2,1H3,(H,27,29). The number of methoxy groups -OCH3 is 1. The van der Waals surface area contributed by atoms with Gasteiger partial charge in [0.25, 0.3) is 5.91 Å². The minimum Gasteiger partial charge on any atom is -0.496 e. The minimum atomic E-state index is -4.52. The number of morpholine rings is 1. The Morgan fingerprint density at radius 2 is 1.71 bits per heavy atom. The van der Waals surface area contributed by atoms with E-state index < -0.39 is 17.6 Å². The van der Waals surface area contributed by atoms with Crippen molar-refractivity contribution >= 4 is 28.1 Å². The van der Waals surface area contributed by atoms with E-state index >= 15 is 0 Å². The van der Waals surface area contributed by atoms with Crippen molar-refractivity contribution in [2.24, 2.45) is 0 Å². The summed E-state index contributed by atoms with van der Waals surface area (Å²) >= 11 is 0. The summed E-state index contributed by atoms with van der Waals surface area (Å²) in [5.74, 6) is -0.201. The molecule has 8 heteroatoms. The van der Waals surface area contributed by atoms with E-state index in [4.69, 9.17) is 9.47 Å². The molecule has 3 aromatic rings. The number of halogens is 3. The first-order valence-electron chi connectivity index (χ1n) is 9.79. The van der Waals surface area contributed by atoms with Gasteiger partial charge in [-0.3, -0.25) is 4.79 Å². The first kappa shape index (κ1) is 21.0. The lowest BCUT2D eigenvalue weighted by molar-refractivity contribution is -0.137. The summed E-state index contributed by atoms with van der Waals surface area (Å²) in [6, 6.07) is 14.3. The van der Waals surface area contributed by atoms with E-state index in [1.54, 1.807) is 12.1 Å². The van der Waals surface area contributed by atoms with Crippen LogP contribution in [-0.2, 0) is 10.9 Å². The van der Waals surface area contributed by atoms with Crippen LogP contribution in [0.15, 0.2) is 54.6 Å². The van der Waals surface area contributed by atoms with E-state index in [9.17, 15) is 18.0 Å². The van der Waals surface area contributed by atoms with Crippen LogP contribution in [0.25, 0.3) is 10.8 Å². The van der Waals surface area contributed by atoms with Crippen LogP contribution >= 0.6 is 0 Å². The summed E-state index contributed by atoms with van der Waals surface area (Å²) in [5.41, 5.74) is 0.0261. The Hall–Kier alpha value is -3.26. The Kier molecular flexibility index (Phi) is 5.73. The van der Waals surface area contributed by atoms with Crippen LogP contribution in [0.2, 0.25) is 0 Å². The van der Waals surface area contributed by atoms with Gasteiger partial charge < -0.3 is 19.7 Å². The summed E-state index contributed by atoms with van der Waals surface area (Å²) < 4.78 is 50.7. The maximum Gasteiger partial charge on any atom is 0.416 e. The number of nitrogens with zero attached hydrogens (tertiary/aromatic N) is 1. The number of nitrogens with one attached hydrogen (secondary N) is 1. The smallest absolute Gasteiger partial charge is 0.416 e. The number of rotatable bonds is 4. The van der Waals surface area contributed by atoms with Crippen molar-refractivity contribution in [1.29, 1.82) is 0 Å². The van der Waals surface area contributed by atoms with Gasteiger partial charge in [0.2, 0.25) is 0 Å². The van der Waals surface area contributed by atoms with Crippen molar-refractivity contribution in [1.82, 2.24) is 0 Å². The molecule has 0 radical (unpaired) electrons. The fraction of sp³-hybridized carbons (Fsp3) is 0.261. The third kappa shape index (κ3) is 4.44. The molecule has 0 spiro atoms. The predicted molar refractivity (Wildman–Crippen MR) is 113 cm³/mol. The normalized spacial score (nSPS) is 14.5. The van der Waals surface area contributed by atoms with Crippen LogP contribution in [0.4, 0.5) is 24.5 Å². The Balaban J connectivity index is 1.73. The molecule has 4 rings (SSSR count). The number of carbonyl (C=O) groups excluding carboxylic acids is 1. The van der Waals surface area contributed by atoms with E-state index in [2.05, 4.69) is 5.32 Å². The number of benzene rings is 3. The summed E-state index contributed by atoms with van der Waals surface area (Å²) in [4.78, 5) is 15.0. The van der Waals surface area contributed by atoms with Crippen LogP contribution in [0.3, 0.4) is 0 Å². The number of carbonyl (C=O) groups is 1. The molecule has 1 N–H and O–H groups in total. The van der Waals surface area contributed by atoms with Crippen molar-refractivity contribution < 1.29 is 27.4 Å². The molecule has 5 nitrogen and oxygen atoms in total. The molecule has 1 amide bonds. The molecule has 1 aliphatic rings. The second kappa shape index (κ2) is 8.47. The Labute approximate surface area is 177 Å². The molecule has 0 bridgehead atoms. The zero-order chi connectivity index (χ0) is 22.0. The van der Waals surface area contributed by atoms with Gasteiger partial charge in [0.1, 0.15) is 5.75 Å². The van der Waals surface area contributed by atoms with Gasteiger partial charge >= 0.3 is 6.18 Å². The zero-order valence-electron chi connectivity index (χ0n) is 16.8. The third-order valence-electron chi connectivity index (χ3n) is 5.24. The lowest BCUT2D eigenvalue weighted by Crippen LogP contribution is -2.36. The van der Waals surface area contributed by atoms with Crippen molar-refractivity contribution in [2.45, 2.75) is 6.18 Å². The van der Waals surface area contributed by atoms with E-state index in [1.165, 1.54) is 13.2 Å². The molecule has 0 atom stereocenters. The van der Waals surface area contributed by atoms with Gasteiger partial charge in [-0.2, -0.15) is 13.2 Å². The maximum atomic E-state index is 13.3. The number of amides is 1.